The van der Waals surface area contributed by atoms with Gasteiger partial charge in [-0.3, -0.25) is 4.79 Å². The predicted molar refractivity (Wildman–Crippen MR) is 32.5 cm³/mol. The van der Waals surface area contributed by atoms with E-state index in [1.54, 1.807) is 7.05 Å². The fraction of sp³-hybridized carbons (Fsp3) is 0.200. The molecule has 0 saturated carbocycles. The molecule has 0 N–H and O–H groups in total. The van der Waals surface area contributed by atoms with Crippen molar-refractivity contribution in [2.24, 2.45) is 4.99 Å². The van der Waals surface area contributed by atoms with Gasteiger partial charge in [-0.1, -0.05) is 6.58 Å². The Labute approximate surface area is 48.3 Å². The van der Waals surface area contributed by atoms with Gasteiger partial charge in [0.1, 0.15) is 0 Å². The van der Waals surface area contributed by atoms with Crippen LogP contribution in [-0.4, -0.2) is 24.7 Å². The van der Waals surface area contributed by atoms with Gasteiger partial charge in [-0.15, -0.1) is 0 Å². The van der Waals surface area contributed by atoms with Gasteiger partial charge in [0.25, 0.3) is 0 Å². The van der Waals surface area contributed by atoms with Crippen LogP contribution in [-0.2, 0) is 4.79 Å². The van der Waals surface area contributed by atoms with Crippen LogP contribution in [0.2, 0.25) is 0 Å². The fourth-order valence-electron chi connectivity index (χ4n) is 0.180. The topological polar surface area (TPSA) is 32.7 Å². The summed E-state index contributed by atoms with van der Waals surface area (Å²) in [5.41, 5.74) is 0. The molecule has 0 radical (unpaired) electrons. The highest BCUT2D eigenvalue weighted by atomic mass is 16.1. The zero-order valence-corrected chi connectivity index (χ0v) is 4.74. The first-order valence-corrected chi connectivity index (χ1v) is 2.12. The Morgan fingerprint density at radius 2 is 2.38 bits per heavy atom. The maximum Gasteiger partial charge on any atom is 0.214 e. The number of rotatable bonds is 3. The van der Waals surface area contributed by atoms with E-state index >= 15 is 0 Å². The molecule has 1 amide bonds. The van der Waals surface area contributed by atoms with Crippen LogP contribution < -0.4 is 0 Å². The van der Waals surface area contributed by atoms with E-state index in [1.165, 1.54) is 17.4 Å². The number of carbonyl (C=O) groups is 1. The predicted octanol–water partition coefficient (Wildman–Crippen LogP) is 0.246. The molecule has 0 aromatic rings. The lowest BCUT2D eigenvalue weighted by Gasteiger charge is -1.96. The SMILES string of the molecule is C=CN=CN(C)C=O. The lowest BCUT2D eigenvalue weighted by Crippen LogP contribution is -2.11. The van der Waals surface area contributed by atoms with Crippen LogP contribution in [0.25, 0.3) is 0 Å². The highest BCUT2D eigenvalue weighted by Gasteiger charge is 1.78. The third-order valence-electron chi connectivity index (χ3n) is 0.520. The fourth-order valence-corrected chi connectivity index (χ4v) is 0.180. The van der Waals surface area contributed by atoms with Crippen LogP contribution in [0.5, 0.6) is 0 Å². The van der Waals surface area contributed by atoms with Crippen molar-refractivity contribution in [3.63, 3.8) is 0 Å². The van der Waals surface area contributed by atoms with E-state index in [0.29, 0.717) is 6.41 Å². The van der Waals surface area contributed by atoms with E-state index in [1.807, 2.05) is 0 Å². The van der Waals surface area contributed by atoms with Crippen molar-refractivity contribution in [2.75, 3.05) is 7.05 Å². The molecule has 0 heterocycles. The van der Waals surface area contributed by atoms with Crippen LogP contribution in [0.1, 0.15) is 0 Å². The lowest BCUT2D eigenvalue weighted by atomic mass is 10.9. The number of nitrogens with zero attached hydrogens (tertiary/aromatic N) is 2. The van der Waals surface area contributed by atoms with Crippen molar-refractivity contribution in [1.29, 1.82) is 0 Å². The van der Waals surface area contributed by atoms with Crippen molar-refractivity contribution < 1.29 is 4.79 Å². The lowest BCUT2D eigenvalue weighted by molar-refractivity contribution is -0.113. The second kappa shape index (κ2) is 4.05. The summed E-state index contributed by atoms with van der Waals surface area (Å²) in [5, 5.41) is 0. The molecule has 0 aliphatic carbocycles. The highest BCUT2D eigenvalue weighted by Crippen LogP contribution is 1.67. The summed E-state index contributed by atoms with van der Waals surface area (Å²) in [4.78, 5) is 14.7. The Morgan fingerprint density at radius 1 is 1.75 bits per heavy atom. The van der Waals surface area contributed by atoms with E-state index in [9.17, 15) is 4.79 Å². The minimum absolute atomic E-state index is 0.660. The minimum Gasteiger partial charge on any atom is -0.309 e. The molecule has 0 spiro atoms. The molecule has 3 nitrogen and oxygen atoms in total. The summed E-state index contributed by atoms with van der Waals surface area (Å²) in [5.74, 6) is 0. The first-order chi connectivity index (χ1) is 3.81. The van der Waals surface area contributed by atoms with Gasteiger partial charge in [-0.05, 0) is 0 Å². The van der Waals surface area contributed by atoms with Gasteiger partial charge in [-0.2, -0.15) is 0 Å². The number of carbonyl (C=O) groups excluding carboxylic acids is 1. The molecule has 0 rings (SSSR count). The molecule has 0 aliphatic heterocycles. The maximum atomic E-state index is 9.81. The zero-order valence-electron chi connectivity index (χ0n) is 4.74. The highest BCUT2D eigenvalue weighted by molar-refractivity contribution is 5.71. The zero-order chi connectivity index (χ0) is 6.41. The van der Waals surface area contributed by atoms with Gasteiger partial charge in [0, 0.05) is 13.2 Å². The smallest absolute Gasteiger partial charge is 0.214 e. The van der Waals surface area contributed by atoms with E-state index in [0.717, 1.165) is 0 Å². The van der Waals surface area contributed by atoms with E-state index < -0.39 is 0 Å². The van der Waals surface area contributed by atoms with Crippen LogP contribution in [0.3, 0.4) is 0 Å². The van der Waals surface area contributed by atoms with Crippen molar-refractivity contribution >= 4 is 12.7 Å². The molecule has 0 atom stereocenters. The summed E-state index contributed by atoms with van der Waals surface area (Å²) in [7, 11) is 1.60. The third-order valence-corrected chi connectivity index (χ3v) is 0.520. The quantitative estimate of drug-likeness (QED) is 0.292. The Bertz CT molecular complexity index is 109. The summed E-state index contributed by atoms with van der Waals surface area (Å²) in [6.07, 6.45) is 3.40. The Kier molecular flexibility index (Phi) is 3.48. The molecular weight excluding hydrogens is 104 g/mol. The average molecular weight is 112 g/mol. The molecule has 44 valence electrons. The number of hydrogen-bond donors (Lipinski definition) is 0. The monoisotopic (exact) mass is 112 g/mol. The second-order valence-electron chi connectivity index (χ2n) is 1.22. The van der Waals surface area contributed by atoms with Crippen molar-refractivity contribution in [2.45, 2.75) is 0 Å². The molecule has 0 unspecified atom stereocenters. The summed E-state index contributed by atoms with van der Waals surface area (Å²) in [6, 6.07) is 0. The van der Waals surface area contributed by atoms with E-state index in [-0.39, 0.29) is 0 Å². The van der Waals surface area contributed by atoms with Crippen LogP contribution in [0.4, 0.5) is 0 Å². The second-order valence-corrected chi connectivity index (χ2v) is 1.22. The van der Waals surface area contributed by atoms with E-state index in [2.05, 4.69) is 11.6 Å². The van der Waals surface area contributed by atoms with Gasteiger partial charge in [0.15, 0.2) is 0 Å². The Hall–Kier alpha value is -1.12. The molecule has 0 bridgehead atoms. The van der Waals surface area contributed by atoms with Crippen LogP contribution in [0, 0.1) is 0 Å². The van der Waals surface area contributed by atoms with Crippen LogP contribution in [0.15, 0.2) is 17.8 Å². The number of hydrogen-bond acceptors (Lipinski definition) is 2. The molecular formula is C5H8N2O. The van der Waals surface area contributed by atoms with Crippen molar-refractivity contribution in [3.05, 3.63) is 12.8 Å². The van der Waals surface area contributed by atoms with Gasteiger partial charge >= 0.3 is 0 Å². The van der Waals surface area contributed by atoms with Crippen LogP contribution >= 0.6 is 0 Å². The van der Waals surface area contributed by atoms with Gasteiger partial charge in [0.05, 0.1) is 6.34 Å². The van der Waals surface area contributed by atoms with E-state index in [4.69, 9.17) is 0 Å². The average Bonchev–Trinajstić information content (AvgIpc) is 1.83. The number of aliphatic imine (C=N–C) groups is 1. The van der Waals surface area contributed by atoms with Gasteiger partial charge in [-0.25, -0.2) is 4.99 Å². The summed E-state index contributed by atoms with van der Waals surface area (Å²) < 4.78 is 0. The standard InChI is InChI=1S/C5H8N2O/c1-3-6-4-7(2)5-8/h3-5H,1H2,2H3. The maximum absolute atomic E-state index is 9.81. The van der Waals surface area contributed by atoms with Gasteiger partial charge in [0.2, 0.25) is 6.41 Å². The molecule has 0 aromatic heterocycles. The molecule has 0 aromatic carbocycles. The molecule has 8 heavy (non-hydrogen) atoms. The Balaban J connectivity index is 3.50. The first kappa shape index (κ1) is 6.88. The molecule has 0 fully saturated rings. The Morgan fingerprint density at radius 3 is 2.75 bits per heavy atom. The molecule has 3 heteroatoms. The summed E-state index contributed by atoms with van der Waals surface area (Å²) >= 11 is 0. The third kappa shape index (κ3) is 3.08. The minimum atomic E-state index is 0.660. The summed E-state index contributed by atoms with van der Waals surface area (Å²) in [6.45, 7) is 3.33. The molecule has 0 saturated heterocycles. The van der Waals surface area contributed by atoms with Gasteiger partial charge < -0.3 is 4.90 Å². The first-order valence-electron chi connectivity index (χ1n) is 2.12. The molecule has 0 aliphatic rings. The number of amides is 1. The largest absolute Gasteiger partial charge is 0.309 e. The van der Waals surface area contributed by atoms with Crippen molar-refractivity contribution in [1.82, 2.24) is 4.90 Å². The van der Waals surface area contributed by atoms with Crippen molar-refractivity contribution in [3.8, 4) is 0 Å². The normalized spacial score (nSPS) is 9.12.